The average Bonchev–Trinajstić information content (AvgIpc) is 3.20. The maximum Gasteiger partial charge on any atom is 0.231 e. The first-order valence-corrected chi connectivity index (χ1v) is 9.53. The molecule has 2 aromatic rings. The minimum Gasteiger partial charge on any atom is -0.352 e. The highest BCUT2D eigenvalue weighted by Gasteiger charge is 2.22. The van der Waals surface area contributed by atoms with Gasteiger partial charge in [-0.05, 0) is 16.7 Å². The Morgan fingerprint density at radius 1 is 1.23 bits per heavy atom. The van der Waals surface area contributed by atoms with Crippen molar-refractivity contribution in [3.8, 4) is 0 Å². The minimum atomic E-state index is -0.478. The van der Waals surface area contributed by atoms with Crippen LogP contribution in [0.25, 0.3) is 0 Å². The third-order valence-electron chi connectivity index (χ3n) is 4.19. The summed E-state index contributed by atoms with van der Waals surface area (Å²) in [5, 5.41) is 11.4. The zero-order valence-corrected chi connectivity index (χ0v) is 16.1. The van der Waals surface area contributed by atoms with Gasteiger partial charge in [0.05, 0.1) is 12.1 Å². The van der Waals surface area contributed by atoms with Crippen LogP contribution in [0, 0.1) is 5.41 Å². The number of benzene rings is 1. The molecule has 0 saturated heterocycles. The Balaban J connectivity index is 1.50. The van der Waals surface area contributed by atoms with Crippen LogP contribution in [0.2, 0.25) is 0 Å². The normalized spacial score (nSPS) is 13.3. The van der Waals surface area contributed by atoms with Crippen LogP contribution in [0.4, 0.5) is 5.13 Å². The molecule has 7 heteroatoms. The molecule has 6 nitrogen and oxygen atoms in total. The van der Waals surface area contributed by atoms with Crippen LogP contribution in [-0.2, 0) is 35.6 Å². The van der Waals surface area contributed by atoms with E-state index in [1.807, 2.05) is 20.8 Å². The van der Waals surface area contributed by atoms with Gasteiger partial charge >= 0.3 is 0 Å². The van der Waals surface area contributed by atoms with Crippen LogP contribution in [0.3, 0.4) is 0 Å². The fraction of sp³-hybridized carbons (Fsp3) is 0.421. The number of aromatic nitrogens is 1. The fourth-order valence-electron chi connectivity index (χ4n) is 2.62. The van der Waals surface area contributed by atoms with Crippen molar-refractivity contribution in [1.82, 2.24) is 15.6 Å². The highest BCUT2D eigenvalue weighted by molar-refractivity contribution is 7.13. The van der Waals surface area contributed by atoms with Crippen LogP contribution in [0.1, 0.15) is 43.2 Å². The molecule has 0 saturated carbocycles. The molecule has 2 amide bonds. The molecule has 3 rings (SSSR count). The molecule has 1 aliphatic heterocycles. The second-order valence-electron chi connectivity index (χ2n) is 7.51. The van der Waals surface area contributed by atoms with Gasteiger partial charge in [-0.2, -0.15) is 0 Å². The molecule has 0 unspecified atom stereocenters. The predicted molar refractivity (Wildman–Crippen MR) is 103 cm³/mol. The van der Waals surface area contributed by atoms with Gasteiger partial charge in [-0.3, -0.25) is 9.59 Å². The van der Waals surface area contributed by atoms with Gasteiger partial charge in [0, 0.05) is 30.4 Å². The van der Waals surface area contributed by atoms with E-state index in [0.29, 0.717) is 17.4 Å². The van der Waals surface area contributed by atoms with E-state index >= 15 is 0 Å². The van der Waals surface area contributed by atoms with Crippen molar-refractivity contribution in [3.05, 3.63) is 46.0 Å². The number of amides is 2. The van der Waals surface area contributed by atoms with Crippen LogP contribution in [0.15, 0.2) is 23.6 Å². The Morgan fingerprint density at radius 2 is 2.00 bits per heavy atom. The molecule has 0 aliphatic carbocycles. The van der Waals surface area contributed by atoms with Crippen LogP contribution >= 0.6 is 11.3 Å². The molecular formula is C19H24N4O2S. The highest BCUT2D eigenvalue weighted by atomic mass is 32.1. The largest absolute Gasteiger partial charge is 0.352 e. The van der Waals surface area contributed by atoms with Gasteiger partial charge in [0.25, 0.3) is 0 Å². The fourth-order valence-corrected chi connectivity index (χ4v) is 3.32. The maximum atomic E-state index is 12.2. The monoisotopic (exact) mass is 372 g/mol. The van der Waals surface area contributed by atoms with Crippen molar-refractivity contribution in [2.45, 2.75) is 46.8 Å². The molecule has 1 aromatic carbocycles. The average molecular weight is 372 g/mol. The number of hydrogen-bond acceptors (Lipinski definition) is 5. The molecule has 0 atom stereocenters. The van der Waals surface area contributed by atoms with Crippen molar-refractivity contribution in [3.63, 3.8) is 0 Å². The van der Waals surface area contributed by atoms with Gasteiger partial charge in [-0.25, -0.2) is 4.98 Å². The Hall–Kier alpha value is -2.25. The number of hydrogen-bond donors (Lipinski definition) is 3. The third-order valence-corrected chi connectivity index (χ3v) is 4.99. The number of carbonyl (C=O) groups is 2. The topological polar surface area (TPSA) is 83.1 Å². The first kappa shape index (κ1) is 18.5. The maximum absolute atomic E-state index is 12.2. The van der Waals surface area contributed by atoms with Crippen LogP contribution in [-0.4, -0.2) is 16.8 Å². The zero-order valence-electron chi connectivity index (χ0n) is 15.3. The summed E-state index contributed by atoms with van der Waals surface area (Å²) in [5.41, 5.74) is 3.91. The quantitative estimate of drug-likeness (QED) is 0.753. The van der Waals surface area contributed by atoms with Crippen molar-refractivity contribution in [2.24, 2.45) is 5.41 Å². The molecule has 26 heavy (non-hydrogen) atoms. The smallest absolute Gasteiger partial charge is 0.231 e. The number of nitrogens with one attached hydrogen (secondary N) is 3. The Kier molecular flexibility index (Phi) is 5.38. The van der Waals surface area contributed by atoms with Gasteiger partial charge in [0.1, 0.15) is 0 Å². The van der Waals surface area contributed by atoms with Crippen LogP contribution in [0.5, 0.6) is 0 Å². The summed E-state index contributed by atoms with van der Waals surface area (Å²) in [7, 11) is 0. The predicted octanol–water partition coefficient (Wildman–Crippen LogP) is 2.59. The van der Waals surface area contributed by atoms with E-state index in [0.717, 1.165) is 18.7 Å². The summed E-state index contributed by atoms with van der Waals surface area (Å²) >= 11 is 1.33. The van der Waals surface area contributed by atoms with E-state index in [-0.39, 0.29) is 18.2 Å². The lowest BCUT2D eigenvalue weighted by Crippen LogP contribution is -2.27. The van der Waals surface area contributed by atoms with E-state index in [9.17, 15) is 9.59 Å². The van der Waals surface area contributed by atoms with Gasteiger partial charge in [0.15, 0.2) is 5.13 Å². The Labute approximate surface area is 157 Å². The molecule has 138 valence electrons. The first-order chi connectivity index (χ1) is 12.3. The Morgan fingerprint density at radius 3 is 2.77 bits per heavy atom. The van der Waals surface area contributed by atoms with Crippen LogP contribution < -0.4 is 16.0 Å². The van der Waals surface area contributed by atoms with E-state index in [1.54, 1.807) is 5.38 Å². The second kappa shape index (κ2) is 7.55. The lowest BCUT2D eigenvalue weighted by atomic mass is 9.96. The summed E-state index contributed by atoms with van der Waals surface area (Å²) in [6, 6.07) is 6.30. The number of fused-ring (bicyclic) bond motifs is 1. The number of nitrogens with zero attached hydrogens (tertiary/aromatic N) is 1. The number of thiazole rings is 1. The highest BCUT2D eigenvalue weighted by Crippen LogP contribution is 2.21. The lowest BCUT2D eigenvalue weighted by Gasteiger charge is -2.15. The summed E-state index contributed by atoms with van der Waals surface area (Å²) in [4.78, 5) is 28.5. The van der Waals surface area contributed by atoms with E-state index in [4.69, 9.17) is 0 Å². The molecule has 0 spiro atoms. The molecular weight excluding hydrogens is 348 g/mol. The van der Waals surface area contributed by atoms with Crippen molar-refractivity contribution in [2.75, 3.05) is 5.32 Å². The molecule has 2 heterocycles. The van der Waals surface area contributed by atoms with Crippen molar-refractivity contribution >= 4 is 28.3 Å². The number of rotatable bonds is 5. The first-order valence-electron chi connectivity index (χ1n) is 8.65. The standard InChI is InChI=1S/C19H24N4O2S/c1-19(2,3)17(25)23-18-22-15(11-26-18)7-16(24)21-8-12-4-5-13-9-20-10-14(13)6-12/h4-6,11,20H,7-10H2,1-3H3,(H,21,24)(H,22,23,25). The molecule has 1 aromatic heterocycles. The molecule has 0 radical (unpaired) electrons. The summed E-state index contributed by atoms with van der Waals surface area (Å²) < 4.78 is 0. The Bertz CT molecular complexity index is 823. The van der Waals surface area contributed by atoms with Crippen molar-refractivity contribution < 1.29 is 9.59 Å². The summed E-state index contributed by atoms with van der Waals surface area (Å²) in [6.45, 7) is 7.85. The molecule has 0 fully saturated rings. The zero-order chi connectivity index (χ0) is 18.7. The minimum absolute atomic E-state index is 0.0809. The van der Waals surface area contributed by atoms with Crippen molar-refractivity contribution in [1.29, 1.82) is 0 Å². The SMILES string of the molecule is CC(C)(C)C(=O)Nc1nc(CC(=O)NCc2ccc3c(c2)CNC3)cs1. The number of carbonyl (C=O) groups excluding carboxylic acids is 2. The molecule has 0 bridgehead atoms. The second-order valence-corrected chi connectivity index (χ2v) is 8.37. The summed E-state index contributed by atoms with van der Waals surface area (Å²) in [6.07, 6.45) is 0.203. The van der Waals surface area contributed by atoms with Gasteiger partial charge in [0.2, 0.25) is 11.8 Å². The third kappa shape index (κ3) is 4.68. The lowest BCUT2D eigenvalue weighted by molar-refractivity contribution is -0.123. The van der Waals surface area contributed by atoms with Gasteiger partial charge in [-0.15, -0.1) is 11.3 Å². The van der Waals surface area contributed by atoms with Gasteiger partial charge < -0.3 is 16.0 Å². The van der Waals surface area contributed by atoms with E-state index in [1.165, 1.54) is 22.5 Å². The van der Waals surface area contributed by atoms with Gasteiger partial charge in [-0.1, -0.05) is 39.0 Å². The summed E-state index contributed by atoms with van der Waals surface area (Å²) in [5.74, 6) is -0.170. The number of anilines is 1. The molecule has 3 N–H and O–H groups in total. The van der Waals surface area contributed by atoms with E-state index < -0.39 is 5.41 Å². The van der Waals surface area contributed by atoms with E-state index in [2.05, 4.69) is 39.1 Å². The molecule has 1 aliphatic rings.